The first-order chi connectivity index (χ1) is 15.4. The van der Waals surface area contributed by atoms with Gasteiger partial charge in [0.25, 0.3) is 0 Å². The number of nitrogens with zero attached hydrogens (tertiary/aromatic N) is 1. The fraction of sp³-hybridized carbons (Fsp3) is 0.577. The summed E-state index contributed by atoms with van der Waals surface area (Å²) in [7, 11) is 3.41. The number of benzene rings is 1. The number of nitrogens with one attached hydrogen (secondary N) is 1. The molecule has 1 aliphatic rings. The fourth-order valence-electron chi connectivity index (χ4n) is 2.07. The highest BCUT2D eigenvalue weighted by Crippen LogP contribution is 2.30. The highest BCUT2D eigenvalue weighted by atomic mass is 16.5. The number of fused-ring (bicyclic) bond motifs is 1. The molecule has 1 heterocycles. The first-order valence-corrected chi connectivity index (χ1v) is 11.3. The van der Waals surface area contributed by atoms with Gasteiger partial charge in [-0.2, -0.15) is 0 Å². The molecule has 1 aromatic carbocycles. The molecule has 186 valence electrons. The van der Waals surface area contributed by atoms with Crippen LogP contribution in [0.5, 0.6) is 5.75 Å². The maximum Gasteiger partial charge on any atom is 0.155 e. The number of carbonyl (C=O) groups is 1. The molecule has 0 atom stereocenters. The number of Topliss-reactive ketones (excluding diaryl/α,β-unsaturated/α-hetero) is 1. The van der Waals surface area contributed by atoms with Crippen molar-refractivity contribution in [1.29, 1.82) is 0 Å². The van der Waals surface area contributed by atoms with Crippen LogP contribution in [0.25, 0.3) is 0 Å². The van der Waals surface area contributed by atoms with Crippen LogP contribution in [0, 0.1) is 0 Å². The van der Waals surface area contributed by atoms with Crippen LogP contribution in [0.2, 0.25) is 0 Å². The molecule has 0 fully saturated rings. The Labute approximate surface area is 197 Å². The molecule has 0 radical (unpaired) electrons. The van der Waals surface area contributed by atoms with E-state index in [1.54, 1.807) is 13.3 Å². The number of hydrogen-bond donors (Lipinski definition) is 1. The summed E-state index contributed by atoms with van der Waals surface area (Å²) in [4.78, 5) is 12.5. The zero-order valence-electron chi connectivity index (χ0n) is 21.8. The summed E-state index contributed by atoms with van der Waals surface area (Å²) in [5.41, 5.74) is 2.36. The first-order valence-electron chi connectivity index (χ1n) is 11.3. The summed E-state index contributed by atoms with van der Waals surface area (Å²) in [6.45, 7) is 23.0. The van der Waals surface area contributed by atoms with Crippen molar-refractivity contribution < 1.29 is 19.0 Å². The Balaban J connectivity index is -0.000000403. The second-order valence-electron chi connectivity index (χ2n) is 6.64. The minimum atomic E-state index is 0.0473. The van der Waals surface area contributed by atoms with Crippen LogP contribution in [-0.2, 0) is 14.3 Å². The molecule has 1 aromatic rings. The second-order valence-corrected chi connectivity index (χ2v) is 6.64. The molecule has 1 N–H and O–H groups in total. The maximum atomic E-state index is 10.2. The molecule has 0 spiro atoms. The largest absolute Gasteiger partial charge is 0.490 e. The molecule has 2 rings (SSSR count). The normalized spacial score (nSPS) is 10.4. The van der Waals surface area contributed by atoms with Crippen LogP contribution in [0.1, 0.15) is 48.0 Å². The van der Waals surface area contributed by atoms with Gasteiger partial charge >= 0.3 is 0 Å². The summed E-state index contributed by atoms with van der Waals surface area (Å²) < 4.78 is 15.1. The van der Waals surface area contributed by atoms with E-state index in [1.807, 2.05) is 39.1 Å². The van der Waals surface area contributed by atoms with Crippen LogP contribution in [0.4, 0.5) is 5.69 Å². The molecule has 32 heavy (non-hydrogen) atoms. The number of hydrogen-bond acceptors (Lipinski definition) is 6. The Hall–Kier alpha value is -2.31. The molecular formula is C26H48N2O4. The SMILES string of the molecule is C=C(C)CN1CCOc2ccccc21.C=CNC.CC.CCC.COCCOCC(C)=O. The Bertz CT molecular complexity index is 577. The fourth-order valence-corrected chi connectivity index (χ4v) is 2.07. The van der Waals surface area contributed by atoms with Gasteiger partial charge in [0, 0.05) is 20.7 Å². The van der Waals surface area contributed by atoms with Gasteiger partial charge in [-0.25, -0.2) is 0 Å². The van der Waals surface area contributed by atoms with Crippen molar-refractivity contribution in [3.8, 4) is 5.75 Å². The average molecular weight is 453 g/mol. The van der Waals surface area contributed by atoms with Crippen LogP contribution < -0.4 is 15.0 Å². The molecule has 0 aliphatic carbocycles. The van der Waals surface area contributed by atoms with Gasteiger partial charge in [0.15, 0.2) is 5.78 Å². The van der Waals surface area contributed by atoms with Crippen molar-refractivity contribution in [2.75, 3.05) is 58.6 Å². The lowest BCUT2D eigenvalue weighted by Gasteiger charge is -2.31. The van der Waals surface area contributed by atoms with Crippen molar-refractivity contribution in [3.63, 3.8) is 0 Å². The summed E-state index contributed by atoms with van der Waals surface area (Å²) in [5.74, 6) is 1.03. The highest BCUT2D eigenvalue weighted by molar-refractivity contribution is 5.76. The molecule has 6 nitrogen and oxygen atoms in total. The Kier molecular flexibility index (Phi) is 28.7. The molecule has 1 aliphatic heterocycles. The molecule has 0 saturated carbocycles. The van der Waals surface area contributed by atoms with Crippen LogP contribution in [0.15, 0.2) is 49.2 Å². The van der Waals surface area contributed by atoms with E-state index < -0.39 is 0 Å². The molecule has 0 unspecified atom stereocenters. The number of ether oxygens (including phenoxy) is 3. The van der Waals surface area contributed by atoms with Crippen molar-refractivity contribution in [2.24, 2.45) is 0 Å². The van der Waals surface area contributed by atoms with Gasteiger partial charge < -0.3 is 24.4 Å². The molecule has 0 aromatic heterocycles. The van der Waals surface area contributed by atoms with E-state index in [0.29, 0.717) is 13.2 Å². The van der Waals surface area contributed by atoms with E-state index >= 15 is 0 Å². The highest BCUT2D eigenvalue weighted by Gasteiger charge is 2.16. The smallest absolute Gasteiger partial charge is 0.155 e. The Morgan fingerprint density at radius 1 is 1.22 bits per heavy atom. The standard InChI is InChI=1S/C12H15NO.C6H12O3.C3H7N.C3H8.C2H6/c1-10(2)9-13-7-8-14-12-6-4-3-5-11(12)13;1-6(7)5-9-4-3-8-2;1-3-4-2;1-3-2;1-2/h3-6H,1,7-9H2,2H3;3-5H2,1-2H3;3-4H,1H2,2H3;3H2,1-2H3;1-2H3. The molecular weight excluding hydrogens is 404 g/mol. The summed E-state index contributed by atoms with van der Waals surface area (Å²) in [5, 5.41) is 2.69. The van der Waals surface area contributed by atoms with Crippen LogP contribution >= 0.6 is 0 Å². The molecule has 0 saturated heterocycles. The van der Waals surface area contributed by atoms with Crippen LogP contribution in [0.3, 0.4) is 0 Å². The van der Waals surface area contributed by atoms with Gasteiger partial charge in [-0.1, -0.05) is 65.0 Å². The monoisotopic (exact) mass is 452 g/mol. The number of anilines is 1. The quantitative estimate of drug-likeness (QED) is 0.416. The third-order valence-electron chi connectivity index (χ3n) is 3.23. The average Bonchev–Trinajstić information content (AvgIpc) is 2.79. The van der Waals surface area contributed by atoms with Crippen LogP contribution in [-0.4, -0.2) is 59.5 Å². The van der Waals surface area contributed by atoms with Crippen molar-refractivity contribution in [2.45, 2.75) is 48.0 Å². The molecule has 0 amide bonds. The zero-order valence-corrected chi connectivity index (χ0v) is 21.8. The third kappa shape index (κ3) is 22.4. The first kappa shape index (κ1) is 34.3. The van der Waals surface area contributed by atoms with Crippen molar-refractivity contribution >= 4 is 11.5 Å². The third-order valence-corrected chi connectivity index (χ3v) is 3.23. The molecule has 0 bridgehead atoms. The van der Waals surface area contributed by atoms with E-state index in [0.717, 1.165) is 25.4 Å². The van der Waals surface area contributed by atoms with E-state index in [4.69, 9.17) is 9.47 Å². The van der Waals surface area contributed by atoms with Crippen molar-refractivity contribution in [3.05, 3.63) is 49.2 Å². The predicted molar refractivity (Wildman–Crippen MR) is 139 cm³/mol. The van der Waals surface area contributed by atoms with Gasteiger partial charge in [-0.3, -0.25) is 4.79 Å². The van der Waals surface area contributed by atoms with E-state index in [-0.39, 0.29) is 12.4 Å². The number of methoxy groups -OCH3 is 1. The van der Waals surface area contributed by atoms with Gasteiger partial charge in [0.1, 0.15) is 19.0 Å². The summed E-state index contributed by atoms with van der Waals surface area (Å²) in [6, 6.07) is 8.15. The second kappa shape index (κ2) is 26.7. The summed E-state index contributed by atoms with van der Waals surface area (Å²) in [6.07, 6.45) is 2.88. The predicted octanol–water partition coefficient (Wildman–Crippen LogP) is 5.49. The lowest BCUT2D eigenvalue weighted by molar-refractivity contribution is -0.121. The minimum absolute atomic E-state index is 0.0473. The number of ketones is 1. The van der Waals surface area contributed by atoms with Gasteiger partial charge in [0.2, 0.25) is 0 Å². The Morgan fingerprint density at radius 3 is 2.25 bits per heavy atom. The lowest BCUT2D eigenvalue weighted by Crippen LogP contribution is -2.33. The minimum Gasteiger partial charge on any atom is -0.490 e. The zero-order chi connectivity index (χ0) is 25.2. The van der Waals surface area contributed by atoms with Gasteiger partial charge in [-0.15, -0.1) is 0 Å². The maximum absolute atomic E-state index is 10.2. The van der Waals surface area contributed by atoms with E-state index in [1.165, 1.54) is 24.6 Å². The van der Waals surface area contributed by atoms with E-state index in [2.05, 4.69) is 54.9 Å². The van der Waals surface area contributed by atoms with Gasteiger partial charge in [0.05, 0.1) is 25.4 Å². The molecule has 6 heteroatoms. The van der Waals surface area contributed by atoms with Gasteiger partial charge in [-0.05, 0) is 32.2 Å². The Morgan fingerprint density at radius 2 is 1.78 bits per heavy atom. The van der Waals surface area contributed by atoms with Crippen molar-refractivity contribution in [1.82, 2.24) is 5.32 Å². The topological polar surface area (TPSA) is 60.0 Å². The number of rotatable bonds is 8. The number of para-hydroxylation sites is 2. The van der Waals surface area contributed by atoms with E-state index in [9.17, 15) is 4.79 Å². The number of carbonyl (C=O) groups excluding carboxylic acids is 1. The summed E-state index contributed by atoms with van der Waals surface area (Å²) >= 11 is 0. The lowest BCUT2D eigenvalue weighted by atomic mass is 10.2.